The average Bonchev–Trinajstić information content (AvgIpc) is 2.95. The van der Waals surface area contributed by atoms with Crippen LogP contribution in [0.15, 0.2) is 30.3 Å². The van der Waals surface area contributed by atoms with Gasteiger partial charge in [-0.15, -0.1) is 0 Å². The number of carbonyl (C=O) groups is 2. The number of carboxylic acid groups (broad SMARTS) is 1. The van der Waals surface area contributed by atoms with Gasteiger partial charge in [-0.1, -0.05) is 20.8 Å². The van der Waals surface area contributed by atoms with Crippen LogP contribution in [0.25, 0.3) is 0 Å². The standard InChI is InChI=1S/C18H22FN3O4/c1-18(2,3)15-9-13(22(4)21-15)16(23)20-10-14(17(24)25)26-12-7-5-11(19)6-8-12/h5-9,14H,10H2,1-4H3,(H,20,23)(H,24,25). The number of carbonyl (C=O) groups excluding carboxylic acids is 1. The largest absolute Gasteiger partial charge is 0.478 e. The quantitative estimate of drug-likeness (QED) is 0.820. The summed E-state index contributed by atoms with van der Waals surface area (Å²) >= 11 is 0. The first kappa shape index (κ1) is 19.4. The van der Waals surface area contributed by atoms with Crippen molar-refractivity contribution in [2.45, 2.75) is 32.3 Å². The van der Waals surface area contributed by atoms with Crippen LogP contribution in [0.3, 0.4) is 0 Å². The second-order valence-electron chi connectivity index (χ2n) is 6.90. The van der Waals surface area contributed by atoms with Crippen LogP contribution in [-0.4, -0.2) is 39.4 Å². The number of nitrogens with zero attached hydrogens (tertiary/aromatic N) is 2. The molecule has 7 nitrogen and oxygen atoms in total. The van der Waals surface area contributed by atoms with Gasteiger partial charge in [-0.3, -0.25) is 9.48 Å². The molecule has 140 valence electrons. The first-order valence-corrected chi connectivity index (χ1v) is 8.05. The van der Waals surface area contributed by atoms with Crippen molar-refractivity contribution >= 4 is 11.9 Å². The van der Waals surface area contributed by atoms with E-state index in [1.807, 2.05) is 20.8 Å². The number of hydrogen-bond acceptors (Lipinski definition) is 4. The molecule has 0 aliphatic rings. The monoisotopic (exact) mass is 363 g/mol. The molecule has 0 spiro atoms. The van der Waals surface area contributed by atoms with Crippen molar-refractivity contribution < 1.29 is 23.8 Å². The summed E-state index contributed by atoms with van der Waals surface area (Å²) in [6, 6.07) is 6.65. The number of rotatable bonds is 6. The number of benzene rings is 1. The lowest BCUT2D eigenvalue weighted by atomic mass is 9.92. The number of ether oxygens (including phenoxy) is 1. The van der Waals surface area contributed by atoms with Crippen molar-refractivity contribution in [2.75, 3.05) is 6.54 Å². The van der Waals surface area contributed by atoms with Crippen molar-refractivity contribution in [1.82, 2.24) is 15.1 Å². The van der Waals surface area contributed by atoms with E-state index in [-0.39, 0.29) is 17.7 Å². The summed E-state index contributed by atoms with van der Waals surface area (Å²) in [4.78, 5) is 23.7. The Kier molecular flexibility index (Phi) is 5.64. The van der Waals surface area contributed by atoms with Gasteiger partial charge in [0.15, 0.2) is 0 Å². The van der Waals surface area contributed by atoms with Gasteiger partial charge in [0, 0.05) is 12.5 Å². The molecule has 1 atom stereocenters. The van der Waals surface area contributed by atoms with Gasteiger partial charge >= 0.3 is 5.97 Å². The Balaban J connectivity index is 2.04. The highest BCUT2D eigenvalue weighted by Gasteiger charge is 2.24. The predicted molar refractivity (Wildman–Crippen MR) is 92.7 cm³/mol. The molecule has 0 aliphatic carbocycles. The fourth-order valence-electron chi connectivity index (χ4n) is 2.18. The summed E-state index contributed by atoms with van der Waals surface area (Å²) in [5, 5.41) is 16.1. The SMILES string of the molecule is Cn1nc(C(C)(C)C)cc1C(=O)NCC(Oc1ccc(F)cc1)C(=O)O. The minimum atomic E-state index is -1.31. The number of amides is 1. The molecule has 26 heavy (non-hydrogen) atoms. The number of aryl methyl sites for hydroxylation is 1. The third kappa shape index (κ3) is 4.81. The smallest absolute Gasteiger partial charge is 0.346 e. The molecule has 0 saturated carbocycles. The molecule has 0 radical (unpaired) electrons. The normalized spacial score (nSPS) is 12.5. The van der Waals surface area contributed by atoms with Crippen molar-refractivity contribution in [2.24, 2.45) is 7.05 Å². The molecule has 2 rings (SSSR count). The van der Waals surface area contributed by atoms with Gasteiger partial charge in [-0.25, -0.2) is 9.18 Å². The minimum absolute atomic E-state index is 0.198. The van der Waals surface area contributed by atoms with Crippen molar-refractivity contribution in [3.63, 3.8) is 0 Å². The van der Waals surface area contributed by atoms with E-state index in [2.05, 4.69) is 10.4 Å². The van der Waals surface area contributed by atoms with Gasteiger partial charge < -0.3 is 15.2 Å². The maximum atomic E-state index is 12.9. The van der Waals surface area contributed by atoms with Crippen LogP contribution >= 0.6 is 0 Å². The number of carboxylic acids is 1. The second-order valence-corrected chi connectivity index (χ2v) is 6.90. The van der Waals surface area contributed by atoms with E-state index in [1.54, 1.807) is 13.1 Å². The molecule has 0 aliphatic heterocycles. The second kappa shape index (κ2) is 7.55. The molecule has 1 amide bonds. The average molecular weight is 363 g/mol. The zero-order valence-electron chi connectivity index (χ0n) is 15.1. The zero-order valence-corrected chi connectivity index (χ0v) is 15.1. The Bertz CT molecular complexity index is 794. The Morgan fingerprint density at radius 2 is 1.92 bits per heavy atom. The Labute approximate surface area is 150 Å². The van der Waals surface area contributed by atoms with Crippen LogP contribution in [0.1, 0.15) is 37.0 Å². The van der Waals surface area contributed by atoms with Gasteiger partial charge in [0.05, 0.1) is 12.2 Å². The van der Waals surface area contributed by atoms with Crippen LogP contribution in [0.4, 0.5) is 4.39 Å². The molecule has 0 fully saturated rings. The third-order valence-electron chi connectivity index (χ3n) is 3.70. The van der Waals surface area contributed by atoms with Gasteiger partial charge in [0.2, 0.25) is 6.10 Å². The molecule has 0 saturated heterocycles. The number of halogens is 1. The summed E-state index contributed by atoms with van der Waals surface area (Å²) in [6.07, 6.45) is -1.31. The summed E-state index contributed by atoms with van der Waals surface area (Å²) in [6.45, 7) is 5.69. The lowest BCUT2D eigenvalue weighted by Crippen LogP contribution is -2.40. The van der Waals surface area contributed by atoms with Crippen molar-refractivity contribution in [3.05, 3.63) is 47.5 Å². The molecule has 1 heterocycles. The highest BCUT2D eigenvalue weighted by Crippen LogP contribution is 2.21. The van der Waals surface area contributed by atoms with Crippen LogP contribution in [0, 0.1) is 5.82 Å². The van der Waals surface area contributed by atoms with Crippen molar-refractivity contribution in [1.29, 1.82) is 0 Å². The number of aliphatic carboxylic acids is 1. The van der Waals surface area contributed by atoms with Gasteiger partial charge in [0.25, 0.3) is 5.91 Å². The molecule has 1 aromatic heterocycles. The molecule has 2 aromatic rings. The Hall–Kier alpha value is -2.90. The fraction of sp³-hybridized carbons (Fsp3) is 0.389. The lowest BCUT2D eigenvalue weighted by molar-refractivity contribution is -0.144. The van der Waals surface area contributed by atoms with E-state index in [0.717, 1.165) is 17.8 Å². The number of aromatic nitrogens is 2. The molecule has 2 N–H and O–H groups in total. The van der Waals surface area contributed by atoms with Crippen LogP contribution in [0.5, 0.6) is 5.75 Å². The summed E-state index contributed by atoms with van der Waals surface area (Å²) in [7, 11) is 1.65. The van der Waals surface area contributed by atoms with Gasteiger partial charge in [-0.2, -0.15) is 5.10 Å². The lowest BCUT2D eigenvalue weighted by Gasteiger charge is -2.16. The molecular formula is C18H22FN3O4. The van der Waals surface area contributed by atoms with E-state index < -0.39 is 23.8 Å². The summed E-state index contributed by atoms with van der Waals surface area (Å²) < 4.78 is 19.7. The summed E-state index contributed by atoms with van der Waals surface area (Å²) in [5.74, 6) is -1.95. The topological polar surface area (TPSA) is 93.5 Å². The minimum Gasteiger partial charge on any atom is -0.478 e. The van der Waals surface area contributed by atoms with Crippen LogP contribution in [-0.2, 0) is 17.3 Å². The highest BCUT2D eigenvalue weighted by atomic mass is 19.1. The highest BCUT2D eigenvalue weighted by molar-refractivity contribution is 5.93. The van der Waals surface area contributed by atoms with Gasteiger partial charge in [0.1, 0.15) is 17.3 Å². The van der Waals surface area contributed by atoms with E-state index in [9.17, 15) is 19.1 Å². The van der Waals surface area contributed by atoms with E-state index in [0.29, 0.717) is 5.69 Å². The predicted octanol–water partition coefficient (Wildman–Crippen LogP) is 2.12. The molecule has 8 heteroatoms. The fourth-order valence-corrected chi connectivity index (χ4v) is 2.18. The van der Waals surface area contributed by atoms with E-state index >= 15 is 0 Å². The first-order chi connectivity index (χ1) is 12.1. The van der Waals surface area contributed by atoms with E-state index in [4.69, 9.17) is 4.74 Å². The van der Waals surface area contributed by atoms with Gasteiger partial charge in [-0.05, 0) is 30.3 Å². The maximum Gasteiger partial charge on any atom is 0.346 e. The summed E-state index contributed by atoms with van der Waals surface area (Å²) in [5.41, 5.74) is 0.856. The van der Waals surface area contributed by atoms with Crippen LogP contribution in [0.2, 0.25) is 0 Å². The van der Waals surface area contributed by atoms with Crippen molar-refractivity contribution in [3.8, 4) is 5.75 Å². The third-order valence-corrected chi connectivity index (χ3v) is 3.70. The molecule has 0 bridgehead atoms. The zero-order chi connectivity index (χ0) is 19.5. The first-order valence-electron chi connectivity index (χ1n) is 8.05. The van der Waals surface area contributed by atoms with E-state index in [1.165, 1.54) is 16.8 Å². The molecule has 1 aromatic carbocycles. The Morgan fingerprint density at radius 3 is 2.42 bits per heavy atom. The molecular weight excluding hydrogens is 341 g/mol. The number of hydrogen-bond donors (Lipinski definition) is 2. The number of nitrogens with one attached hydrogen (secondary N) is 1. The molecule has 1 unspecified atom stereocenters. The van der Waals surface area contributed by atoms with Crippen LogP contribution < -0.4 is 10.1 Å². The Morgan fingerprint density at radius 1 is 1.31 bits per heavy atom. The maximum absolute atomic E-state index is 12.9.